The van der Waals surface area contributed by atoms with Crippen molar-refractivity contribution in [2.24, 2.45) is 5.73 Å². The molecule has 0 bridgehead atoms. The molecule has 0 radical (unpaired) electrons. The summed E-state index contributed by atoms with van der Waals surface area (Å²) in [6, 6.07) is 7.97. The Kier molecular flexibility index (Phi) is 4.25. The Hall–Kier alpha value is -1.06. The van der Waals surface area contributed by atoms with Gasteiger partial charge in [-0.15, -0.1) is 0 Å². The fourth-order valence-electron chi connectivity index (χ4n) is 2.44. The van der Waals surface area contributed by atoms with Crippen LogP contribution < -0.4 is 10.5 Å². The Morgan fingerprint density at radius 3 is 2.44 bits per heavy atom. The third-order valence-electron chi connectivity index (χ3n) is 3.79. The number of hydrogen-bond donors (Lipinski definition) is 2. The molecule has 1 aliphatic rings. The highest BCUT2D eigenvalue weighted by Crippen LogP contribution is 2.30. The van der Waals surface area contributed by atoms with Gasteiger partial charge < -0.3 is 15.6 Å². The Bertz CT molecular complexity index is 369. The lowest BCUT2D eigenvalue weighted by Gasteiger charge is -2.22. The van der Waals surface area contributed by atoms with Gasteiger partial charge in [0.05, 0.1) is 5.60 Å². The summed E-state index contributed by atoms with van der Waals surface area (Å²) in [7, 11) is 0. The van der Waals surface area contributed by atoms with E-state index >= 15 is 0 Å². The summed E-state index contributed by atoms with van der Waals surface area (Å²) in [6.45, 7) is 2.47. The van der Waals surface area contributed by atoms with Crippen LogP contribution in [-0.4, -0.2) is 17.3 Å². The first-order chi connectivity index (χ1) is 8.63. The molecule has 2 rings (SSSR count). The van der Waals surface area contributed by atoms with Gasteiger partial charge in [-0.05, 0) is 37.0 Å². The zero-order valence-corrected chi connectivity index (χ0v) is 11.1. The number of ether oxygens (including phenoxy) is 1. The van der Waals surface area contributed by atoms with Crippen molar-refractivity contribution in [1.29, 1.82) is 0 Å². The zero-order valence-electron chi connectivity index (χ0n) is 11.1. The van der Waals surface area contributed by atoms with E-state index in [1.165, 1.54) is 0 Å². The molecule has 3 heteroatoms. The third kappa shape index (κ3) is 3.24. The van der Waals surface area contributed by atoms with Crippen molar-refractivity contribution < 1.29 is 9.84 Å². The fraction of sp³-hybridized carbons (Fsp3) is 0.600. The molecular weight excluding hydrogens is 226 g/mol. The van der Waals surface area contributed by atoms with E-state index in [9.17, 15) is 5.11 Å². The molecule has 1 atom stereocenters. The highest BCUT2D eigenvalue weighted by Gasteiger charge is 2.31. The fourth-order valence-corrected chi connectivity index (χ4v) is 2.44. The van der Waals surface area contributed by atoms with Gasteiger partial charge >= 0.3 is 0 Å². The molecule has 1 aliphatic carbocycles. The van der Waals surface area contributed by atoms with Gasteiger partial charge in [0.15, 0.2) is 0 Å². The van der Waals surface area contributed by atoms with Crippen LogP contribution in [0, 0.1) is 0 Å². The van der Waals surface area contributed by atoms with E-state index in [1.54, 1.807) is 0 Å². The molecule has 0 amide bonds. The second-order valence-corrected chi connectivity index (χ2v) is 5.30. The van der Waals surface area contributed by atoms with Gasteiger partial charge in [0.2, 0.25) is 0 Å². The normalized spacial score (nSPS) is 19.7. The summed E-state index contributed by atoms with van der Waals surface area (Å²) in [5.41, 5.74) is 6.47. The van der Waals surface area contributed by atoms with Gasteiger partial charge in [-0.1, -0.05) is 31.9 Å². The van der Waals surface area contributed by atoms with Crippen LogP contribution in [0.3, 0.4) is 0 Å². The van der Waals surface area contributed by atoms with Gasteiger partial charge in [0, 0.05) is 6.04 Å². The van der Waals surface area contributed by atoms with Crippen molar-refractivity contribution in [1.82, 2.24) is 0 Å². The van der Waals surface area contributed by atoms with Crippen LogP contribution in [0.5, 0.6) is 5.75 Å². The maximum Gasteiger partial charge on any atom is 0.119 e. The second-order valence-electron chi connectivity index (χ2n) is 5.30. The Balaban J connectivity index is 1.90. The van der Waals surface area contributed by atoms with Crippen molar-refractivity contribution in [2.45, 2.75) is 50.7 Å². The zero-order chi connectivity index (χ0) is 13.0. The topological polar surface area (TPSA) is 55.5 Å². The van der Waals surface area contributed by atoms with Crippen molar-refractivity contribution in [3.05, 3.63) is 29.8 Å². The predicted molar refractivity (Wildman–Crippen MR) is 72.6 cm³/mol. The average Bonchev–Trinajstić information content (AvgIpc) is 2.83. The molecule has 0 saturated heterocycles. The number of aliphatic hydroxyl groups is 1. The SMILES string of the molecule is CC[C@H](N)c1ccc(OCC2(O)CCCC2)cc1. The molecule has 18 heavy (non-hydrogen) atoms. The monoisotopic (exact) mass is 249 g/mol. The Labute approximate surface area is 109 Å². The van der Waals surface area contributed by atoms with E-state index in [-0.39, 0.29) is 6.04 Å². The number of benzene rings is 1. The van der Waals surface area contributed by atoms with Crippen LogP contribution in [-0.2, 0) is 0 Å². The lowest BCUT2D eigenvalue weighted by Crippen LogP contribution is -2.32. The van der Waals surface area contributed by atoms with Crippen molar-refractivity contribution in [3.63, 3.8) is 0 Å². The molecular formula is C15H23NO2. The number of nitrogens with two attached hydrogens (primary N) is 1. The smallest absolute Gasteiger partial charge is 0.119 e. The largest absolute Gasteiger partial charge is 0.491 e. The van der Waals surface area contributed by atoms with E-state index in [0.717, 1.165) is 43.4 Å². The number of hydrogen-bond acceptors (Lipinski definition) is 3. The summed E-state index contributed by atoms with van der Waals surface area (Å²) in [5.74, 6) is 0.808. The van der Waals surface area contributed by atoms with E-state index in [1.807, 2.05) is 24.3 Å². The molecule has 0 heterocycles. The molecule has 1 aromatic rings. The van der Waals surface area contributed by atoms with Crippen LogP contribution >= 0.6 is 0 Å². The minimum absolute atomic E-state index is 0.0954. The van der Waals surface area contributed by atoms with Gasteiger partial charge in [-0.2, -0.15) is 0 Å². The molecule has 0 unspecified atom stereocenters. The molecule has 1 aromatic carbocycles. The number of rotatable bonds is 5. The average molecular weight is 249 g/mol. The van der Waals surface area contributed by atoms with Crippen LogP contribution in [0.25, 0.3) is 0 Å². The molecule has 1 fully saturated rings. The van der Waals surface area contributed by atoms with Crippen LogP contribution in [0.2, 0.25) is 0 Å². The van der Waals surface area contributed by atoms with Crippen LogP contribution in [0.4, 0.5) is 0 Å². The quantitative estimate of drug-likeness (QED) is 0.843. The lowest BCUT2D eigenvalue weighted by molar-refractivity contribution is 0.00140. The van der Waals surface area contributed by atoms with Crippen LogP contribution in [0.15, 0.2) is 24.3 Å². The van der Waals surface area contributed by atoms with Gasteiger partial charge in [0.1, 0.15) is 12.4 Å². The van der Waals surface area contributed by atoms with Crippen molar-refractivity contribution in [3.8, 4) is 5.75 Å². The molecule has 1 saturated carbocycles. The van der Waals surface area contributed by atoms with Crippen molar-refractivity contribution >= 4 is 0 Å². The van der Waals surface area contributed by atoms with E-state index < -0.39 is 5.60 Å². The highest BCUT2D eigenvalue weighted by molar-refractivity contribution is 5.29. The van der Waals surface area contributed by atoms with Gasteiger partial charge in [0.25, 0.3) is 0 Å². The van der Waals surface area contributed by atoms with Gasteiger partial charge in [-0.3, -0.25) is 0 Å². The summed E-state index contributed by atoms with van der Waals surface area (Å²) in [6.07, 6.45) is 4.84. The lowest BCUT2D eigenvalue weighted by atomic mass is 10.0. The molecule has 0 aromatic heterocycles. The summed E-state index contributed by atoms with van der Waals surface area (Å²) >= 11 is 0. The molecule has 0 aliphatic heterocycles. The van der Waals surface area contributed by atoms with E-state index in [2.05, 4.69) is 6.92 Å². The summed E-state index contributed by atoms with van der Waals surface area (Å²) in [4.78, 5) is 0. The van der Waals surface area contributed by atoms with Crippen LogP contribution in [0.1, 0.15) is 50.6 Å². The first-order valence-electron chi connectivity index (χ1n) is 6.84. The first kappa shape index (κ1) is 13.4. The van der Waals surface area contributed by atoms with E-state index in [4.69, 9.17) is 10.5 Å². The maximum absolute atomic E-state index is 10.2. The Morgan fingerprint density at radius 1 is 1.28 bits per heavy atom. The third-order valence-corrected chi connectivity index (χ3v) is 3.79. The maximum atomic E-state index is 10.2. The highest BCUT2D eigenvalue weighted by atomic mass is 16.5. The standard InChI is InChI=1S/C15H23NO2/c1-2-14(16)12-5-7-13(8-6-12)18-11-15(17)9-3-4-10-15/h5-8,14,17H,2-4,9-11,16H2,1H3/t14-/m0/s1. The summed E-state index contributed by atoms with van der Waals surface area (Å²) < 4.78 is 5.67. The molecule has 3 N–H and O–H groups in total. The minimum Gasteiger partial charge on any atom is -0.491 e. The van der Waals surface area contributed by atoms with E-state index in [0.29, 0.717) is 6.61 Å². The van der Waals surface area contributed by atoms with Gasteiger partial charge in [-0.25, -0.2) is 0 Å². The molecule has 100 valence electrons. The first-order valence-corrected chi connectivity index (χ1v) is 6.84. The predicted octanol–water partition coefficient (Wildman–Crippen LogP) is 2.78. The second kappa shape index (κ2) is 5.72. The molecule has 3 nitrogen and oxygen atoms in total. The Morgan fingerprint density at radius 2 is 1.89 bits per heavy atom. The molecule has 0 spiro atoms. The summed E-state index contributed by atoms with van der Waals surface area (Å²) in [5, 5.41) is 10.2. The van der Waals surface area contributed by atoms with Crippen molar-refractivity contribution in [2.75, 3.05) is 6.61 Å². The minimum atomic E-state index is -0.613.